The highest BCUT2D eigenvalue weighted by Gasteiger charge is 2.15. The van der Waals surface area contributed by atoms with Crippen LogP contribution in [0.15, 0.2) is 73.3 Å². The van der Waals surface area contributed by atoms with Crippen LogP contribution in [0, 0.1) is 0 Å². The van der Waals surface area contributed by atoms with E-state index in [0.717, 1.165) is 0 Å². The zero-order valence-corrected chi connectivity index (χ0v) is 20.2. The third kappa shape index (κ3) is 5.91. The monoisotopic (exact) mass is 507 g/mol. The Morgan fingerprint density at radius 2 is 1.75 bits per heavy atom. The van der Waals surface area contributed by atoms with Crippen LogP contribution in [0.1, 0.15) is 10.4 Å². The lowest BCUT2D eigenvalue weighted by atomic mass is 10.1. The molecule has 0 spiro atoms. The minimum Gasteiger partial charge on any atom is -0.497 e. The van der Waals surface area contributed by atoms with Gasteiger partial charge in [0.1, 0.15) is 18.4 Å². The molecular weight excluding hydrogens is 486 g/mol. The lowest BCUT2D eigenvalue weighted by Crippen LogP contribution is -2.20. The Morgan fingerprint density at radius 1 is 0.944 bits per heavy atom. The zero-order valence-electron chi connectivity index (χ0n) is 19.4. The fourth-order valence-corrected chi connectivity index (χ4v) is 3.45. The molecule has 3 aromatic carbocycles. The van der Waals surface area contributed by atoms with E-state index in [1.54, 1.807) is 61.7 Å². The Balaban J connectivity index is 1.43. The molecule has 1 aromatic heterocycles. The van der Waals surface area contributed by atoms with Crippen molar-refractivity contribution in [2.75, 3.05) is 31.5 Å². The molecule has 4 rings (SSSR count). The minimum absolute atomic E-state index is 0.252. The Hall–Kier alpha value is -4.57. The molecule has 1 heterocycles. The number of nitrogens with zero attached hydrogens (tertiary/aromatic N) is 3. The third-order valence-electron chi connectivity index (χ3n) is 5.03. The molecule has 0 bridgehead atoms. The average Bonchev–Trinajstić information content (AvgIpc) is 3.42. The summed E-state index contributed by atoms with van der Waals surface area (Å²) in [6.07, 6.45) is 2.90. The Morgan fingerprint density at radius 3 is 2.44 bits per heavy atom. The number of aromatic nitrogens is 3. The number of carbonyl (C=O) groups is 2. The molecule has 0 aliphatic carbocycles. The van der Waals surface area contributed by atoms with Gasteiger partial charge in [0.2, 0.25) is 0 Å². The van der Waals surface area contributed by atoms with Crippen LogP contribution in [0.5, 0.6) is 17.2 Å². The molecule has 36 heavy (non-hydrogen) atoms. The molecular formula is C25H22ClN5O5. The molecule has 0 aliphatic heterocycles. The largest absolute Gasteiger partial charge is 0.497 e. The lowest BCUT2D eigenvalue weighted by molar-refractivity contribution is -0.118. The van der Waals surface area contributed by atoms with Gasteiger partial charge in [-0.15, -0.1) is 0 Å². The molecule has 0 aliphatic rings. The predicted molar refractivity (Wildman–Crippen MR) is 134 cm³/mol. The van der Waals surface area contributed by atoms with Gasteiger partial charge in [0.05, 0.1) is 25.6 Å². The van der Waals surface area contributed by atoms with Gasteiger partial charge >= 0.3 is 0 Å². The van der Waals surface area contributed by atoms with Crippen LogP contribution in [0.3, 0.4) is 0 Å². The number of nitrogens with one attached hydrogen (secondary N) is 2. The second kappa shape index (κ2) is 11.2. The molecule has 0 saturated carbocycles. The molecule has 10 nitrogen and oxygen atoms in total. The van der Waals surface area contributed by atoms with E-state index in [9.17, 15) is 9.59 Å². The van der Waals surface area contributed by atoms with Gasteiger partial charge in [0, 0.05) is 16.3 Å². The SMILES string of the molecule is COc1ccc(NC(=O)COc2ccc(C(=O)Nc3cc(Cl)ccc3-n3cncn3)cc2OC)cc1. The number of amides is 2. The number of anilines is 2. The van der Waals surface area contributed by atoms with E-state index in [0.29, 0.717) is 44.9 Å². The maximum atomic E-state index is 13.0. The first kappa shape index (κ1) is 24.6. The van der Waals surface area contributed by atoms with Crippen LogP contribution in [-0.2, 0) is 4.79 Å². The van der Waals surface area contributed by atoms with E-state index in [1.807, 2.05) is 0 Å². The minimum atomic E-state index is -0.402. The standard InChI is InChI=1S/C25H22ClN5O5/c1-34-19-7-5-18(6-8-19)29-24(32)13-36-22-10-3-16(11-23(22)35-2)25(33)30-20-12-17(26)4-9-21(20)31-15-27-14-28-31/h3-12,14-15H,13H2,1-2H3,(H,29,32)(H,30,33). The Kier molecular flexibility index (Phi) is 7.66. The quantitative estimate of drug-likeness (QED) is 0.348. The maximum absolute atomic E-state index is 13.0. The number of rotatable bonds is 9. The summed E-state index contributed by atoms with van der Waals surface area (Å²) in [5.41, 5.74) is 1.97. The first-order valence-electron chi connectivity index (χ1n) is 10.7. The number of benzene rings is 3. The van der Waals surface area contributed by atoms with E-state index >= 15 is 0 Å². The number of ether oxygens (including phenoxy) is 3. The number of carbonyl (C=O) groups excluding carboxylic acids is 2. The summed E-state index contributed by atoms with van der Waals surface area (Å²) < 4.78 is 17.6. The zero-order chi connectivity index (χ0) is 25.5. The van der Waals surface area contributed by atoms with Crippen molar-refractivity contribution in [2.45, 2.75) is 0 Å². The molecule has 4 aromatic rings. The summed E-state index contributed by atoms with van der Waals surface area (Å²) >= 11 is 6.13. The Bertz CT molecular complexity index is 1360. The van der Waals surface area contributed by atoms with Crippen molar-refractivity contribution in [3.05, 3.63) is 83.9 Å². The maximum Gasteiger partial charge on any atom is 0.262 e. The van der Waals surface area contributed by atoms with Crippen molar-refractivity contribution < 1.29 is 23.8 Å². The van der Waals surface area contributed by atoms with Crippen molar-refractivity contribution in [1.82, 2.24) is 14.8 Å². The second-order valence-corrected chi connectivity index (χ2v) is 7.82. The summed E-state index contributed by atoms with van der Waals surface area (Å²) in [5, 5.41) is 10.1. The van der Waals surface area contributed by atoms with Crippen molar-refractivity contribution in [3.8, 4) is 22.9 Å². The molecule has 0 unspecified atom stereocenters. The summed E-state index contributed by atoms with van der Waals surface area (Å²) in [6, 6.07) is 16.6. The summed E-state index contributed by atoms with van der Waals surface area (Å²) in [5.74, 6) is 0.530. The molecule has 0 fully saturated rings. The molecule has 0 atom stereocenters. The van der Waals surface area contributed by atoms with Crippen molar-refractivity contribution in [1.29, 1.82) is 0 Å². The van der Waals surface area contributed by atoms with Crippen LogP contribution in [0.2, 0.25) is 5.02 Å². The highest BCUT2D eigenvalue weighted by molar-refractivity contribution is 6.31. The predicted octanol–water partition coefficient (Wildman–Crippen LogP) is 4.21. The van der Waals surface area contributed by atoms with Crippen molar-refractivity contribution in [3.63, 3.8) is 0 Å². The summed E-state index contributed by atoms with van der Waals surface area (Å²) in [4.78, 5) is 29.2. The first-order valence-corrected chi connectivity index (χ1v) is 11.1. The highest BCUT2D eigenvalue weighted by Crippen LogP contribution is 2.30. The average molecular weight is 508 g/mol. The van der Waals surface area contributed by atoms with E-state index in [-0.39, 0.29) is 12.5 Å². The van der Waals surface area contributed by atoms with Gasteiger partial charge in [0.25, 0.3) is 11.8 Å². The van der Waals surface area contributed by atoms with Crippen LogP contribution in [-0.4, -0.2) is 47.4 Å². The van der Waals surface area contributed by atoms with Gasteiger partial charge in [-0.25, -0.2) is 9.67 Å². The number of methoxy groups -OCH3 is 2. The third-order valence-corrected chi connectivity index (χ3v) is 5.27. The second-order valence-electron chi connectivity index (χ2n) is 7.39. The van der Waals surface area contributed by atoms with Crippen LogP contribution < -0.4 is 24.8 Å². The van der Waals surface area contributed by atoms with Crippen LogP contribution in [0.25, 0.3) is 5.69 Å². The Labute approximate surface area is 211 Å². The van der Waals surface area contributed by atoms with Gasteiger partial charge in [-0.2, -0.15) is 5.10 Å². The smallest absolute Gasteiger partial charge is 0.262 e. The molecule has 2 amide bonds. The van der Waals surface area contributed by atoms with Crippen molar-refractivity contribution in [2.24, 2.45) is 0 Å². The van der Waals surface area contributed by atoms with Crippen LogP contribution in [0.4, 0.5) is 11.4 Å². The molecule has 184 valence electrons. The van der Waals surface area contributed by atoms with E-state index in [4.69, 9.17) is 25.8 Å². The van der Waals surface area contributed by atoms with Gasteiger partial charge in [-0.3, -0.25) is 9.59 Å². The number of halogens is 1. The fraction of sp³-hybridized carbons (Fsp3) is 0.120. The summed E-state index contributed by atoms with van der Waals surface area (Å²) in [6.45, 7) is -0.252. The van der Waals surface area contributed by atoms with E-state index in [2.05, 4.69) is 20.7 Å². The fourth-order valence-electron chi connectivity index (χ4n) is 3.28. The molecule has 0 radical (unpaired) electrons. The molecule has 11 heteroatoms. The normalized spacial score (nSPS) is 10.4. The lowest BCUT2D eigenvalue weighted by Gasteiger charge is -2.14. The van der Waals surface area contributed by atoms with Gasteiger partial charge < -0.3 is 24.8 Å². The molecule has 2 N–H and O–H groups in total. The van der Waals surface area contributed by atoms with Gasteiger partial charge in [-0.05, 0) is 60.7 Å². The van der Waals surface area contributed by atoms with Crippen molar-refractivity contribution >= 4 is 34.8 Å². The first-order chi connectivity index (χ1) is 17.5. The van der Waals surface area contributed by atoms with E-state index in [1.165, 1.54) is 30.5 Å². The molecule has 0 saturated heterocycles. The van der Waals surface area contributed by atoms with Gasteiger partial charge in [0.15, 0.2) is 18.1 Å². The topological polar surface area (TPSA) is 117 Å². The number of hydrogen-bond acceptors (Lipinski definition) is 7. The van der Waals surface area contributed by atoms with Gasteiger partial charge in [-0.1, -0.05) is 11.6 Å². The summed E-state index contributed by atoms with van der Waals surface area (Å²) in [7, 11) is 3.01. The van der Waals surface area contributed by atoms with E-state index < -0.39 is 5.91 Å². The number of hydrogen-bond donors (Lipinski definition) is 2. The highest BCUT2D eigenvalue weighted by atomic mass is 35.5. The van der Waals surface area contributed by atoms with Crippen LogP contribution >= 0.6 is 11.6 Å².